The number of hydrogen-bond donors (Lipinski definition) is 1. The fourth-order valence-electron chi connectivity index (χ4n) is 4.22. The van der Waals surface area contributed by atoms with Crippen molar-refractivity contribution in [2.45, 2.75) is 38.7 Å². The van der Waals surface area contributed by atoms with Gasteiger partial charge in [0.05, 0.1) is 36.8 Å². The Hall–Kier alpha value is -3.24. The first kappa shape index (κ1) is 25.4. The van der Waals surface area contributed by atoms with Crippen molar-refractivity contribution in [3.8, 4) is 17.6 Å². The Morgan fingerprint density at radius 1 is 1.12 bits per heavy atom. The third-order valence-corrected chi connectivity index (χ3v) is 6.52. The van der Waals surface area contributed by atoms with Gasteiger partial charge in [-0.15, -0.1) is 0 Å². The fourth-order valence-corrected chi connectivity index (χ4v) is 4.45. The van der Waals surface area contributed by atoms with Crippen molar-refractivity contribution in [1.82, 2.24) is 5.32 Å². The van der Waals surface area contributed by atoms with Gasteiger partial charge in [-0.2, -0.15) is 5.26 Å². The van der Waals surface area contributed by atoms with Crippen LogP contribution in [0, 0.1) is 23.2 Å². The molecule has 8 heteroatoms. The summed E-state index contributed by atoms with van der Waals surface area (Å²) in [5.74, 6) is 0.983. The van der Waals surface area contributed by atoms with Crippen LogP contribution in [0.3, 0.4) is 0 Å². The van der Waals surface area contributed by atoms with Gasteiger partial charge in [0.2, 0.25) is 0 Å². The number of halogens is 1. The molecule has 7 nitrogen and oxygen atoms in total. The highest BCUT2D eigenvalue weighted by atomic mass is 35.5. The number of nitriles is 1. The van der Waals surface area contributed by atoms with E-state index in [-0.39, 0.29) is 17.8 Å². The maximum Gasteiger partial charge on any atom is 0.308 e. The molecule has 0 spiro atoms. The van der Waals surface area contributed by atoms with Crippen LogP contribution in [0.15, 0.2) is 36.4 Å². The Morgan fingerprint density at radius 2 is 1.82 bits per heavy atom. The van der Waals surface area contributed by atoms with Crippen LogP contribution in [-0.2, 0) is 9.53 Å². The minimum atomic E-state index is -0.430. The summed E-state index contributed by atoms with van der Waals surface area (Å²) in [6.45, 7) is 2.39. The van der Waals surface area contributed by atoms with Crippen LogP contribution >= 0.6 is 11.6 Å². The van der Waals surface area contributed by atoms with E-state index in [1.807, 2.05) is 6.92 Å². The Kier molecular flexibility index (Phi) is 8.78. The molecule has 0 aliphatic heterocycles. The molecule has 1 aliphatic carbocycles. The molecule has 0 aromatic heterocycles. The highest BCUT2D eigenvalue weighted by Crippen LogP contribution is 2.34. The van der Waals surface area contributed by atoms with Gasteiger partial charge in [-0.05, 0) is 74.9 Å². The van der Waals surface area contributed by atoms with Crippen molar-refractivity contribution in [1.29, 1.82) is 5.26 Å². The molecule has 1 amide bonds. The molecule has 1 fully saturated rings. The van der Waals surface area contributed by atoms with Gasteiger partial charge in [-0.25, -0.2) is 0 Å². The van der Waals surface area contributed by atoms with Crippen molar-refractivity contribution in [3.63, 3.8) is 0 Å². The molecule has 3 rings (SSSR count). The van der Waals surface area contributed by atoms with Crippen molar-refractivity contribution >= 4 is 23.5 Å². The summed E-state index contributed by atoms with van der Waals surface area (Å²) >= 11 is 6.41. The van der Waals surface area contributed by atoms with Crippen LogP contribution in [0.4, 0.5) is 0 Å². The quantitative estimate of drug-likeness (QED) is 0.525. The largest absolute Gasteiger partial charge is 0.496 e. The van der Waals surface area contributed by atoms with Gasteiger partial charge < -0.3 is 19.5 Å². The molecule has 0 saturated heterocycles. The molecule has 0 heterocycles. The summed E-state index contributed by atoms with van der Waals surface area (Å²) in [7, 11) is 2.97. The van der Waals surface area contributed by atoms with Crippen molar-refractivity contribution in [2.75, 3.05) is 20.8 Å². The molecule has 2 aromatic carbocycles. The van der Waals surface area contributed by atoms with Gasteiger partial charge >= 0.3 is 5.97 Å². The monoisotopic (exact) mass is 484 g/mol. The predicted octanol–water partition coefficient (Wildman–Crippen LogP) is 5.07. The zero-order chi connectivity index (χ0) is 24.7. The van der Waals surface area contributed by atoms with Gasteiger partial charge in [-0.1, -0.05) is 11.6 Å². The second-order valence-corrected chi connectivity index (χ2v) is 8.83. The molecule has 1 aliphatic rings. The summed E-state index contributed by atoms with van der Waals surface area (Å²) in [5, 5.41) is 12.5. The number of carbonyl (C=O) groups is 2. The lowest BCUT2D eigenvalue weighted by Gasteiger charge is -2.27. The van der Waals surface area contributed by atoms with E-state index in [2.05, 4.69) is 11.4 Å². The Balaban J connectivity index is 1.58. The van der Waals surface area contributed by atoms with E-state index in [9.17, 15) is 14.9 Å². The third kappa shape index (κ3) is 6.21. The maximum atomic E-state index is 12.6. The zero-order valence-corrected chi connectivity index (χ0v) is 20.4. The number of methoxy groups -OCH3 is 2. The topological polar surface area (TPSA) is 97.6 Å². The number of nitrogens with one attached hydrogen (secondary N) is 1. The van der Waals surface area contributed by atoms with E-state index in [4.69, 9.17) is 25.8 Å². The van der Waals surface area contributed by atoms with E-state index >= 15 is 0 Å². The van der Waals surface area contributed by atoms with Gasteiger partial charge in [0.25, 0.3) is 5.91 Å². The number of ether oxygens (including phenoxy) is 3. The standard InChI is InChI=1S/C26H29ClN2O5/c1-16(21-12-18(14-28)6-10-23(21)32-2)34-24-11-9-20(13-22(24)27)25(30)29-15-17-4-7-19(8-5-17)26(31)33-3/h6,9-13,16-17,19H,4-5,7-8,15H2,1-3H3,(H,29,30). The zero-order valence-electron chi connectivity index (χ0n) is 19.6. The number of carbonyl (C=O) groups excluding carboxylic acids is 2. The first-order valence-corrected chi connectivity index (χ1v) is 11.6. The third-order valence-electron chi connectivity index (χ3n) is 6.23. The predicted molar refractivity (Wildman–Crippen MR) is 128 cm³/mol. The molecule has 180 valence electrons. The van der Waals surface area contributed by atoms with Crippen molar-refractivity contribution in [2.24, 2.45) is 11.8 Å². The second-order valence-electron chi connectivity index (χ2n) is 8.42. The Morgan fingerprint density at radius 3 is 2.44 bits per heavy atom. The summed E-state index contributed by atoms with van der Waals surface area (Å²) in [6.07, 6.45) is 2.89. The van der Waals surface area contributed by atoms with E-state index < -0.39 is 6.10 Å². The molecule has 0 bridgehead atoms. The first-order chi connectivity index (χ1) is 16.4. The van der Waals surface area contributed by atoms with Gasteiger partial charge in [0.15, 0.2) is 0 Å². The lowest BCUT2D eigenvalue weighted by Crippen LogP contribution is -2.32. The molecule has 2 aromatic rings. The number of esters is 1. The van der Waals surface area contributed by atoms with E-state index in [0.717, 1.165) is 31.2 Å². The number of amides is 1. The molecular weight excluding hydrogens is 456 g/mol. The Labute approximate surface area is 205 Å². The van der Waals surface area contributed by atoms with Crippen LogP contribution < -0.4 is 14.8 Å². The molecule has 0 radical (unpaired) electrons. The van der Waals surface area contributed by atoms with Gasteiger partial charge in [0.1, 0.15) is 17.6 Å². The highest BCUT2D eigenvalue weighted by molar-refractivity contribution is 6.32. The summed E-state index contributed by atoms with van der Waals surface area (Å²) in [4.78, 5) is 24.3. The maximum absolute atomic E-state index is 12.6. The fraction of sp³-hybridized carbons (Fsp3) is 0.423. The molecule has 34 heavy (non-hydrogen) atoms. The smallest absolute Gasteiger partial charge is 0.308 e. The van der Waals surface area contributed by atoms with Gasteiger partial charge in [0, 0.05) is 17.7 Å². The number of rotatable bonds is 8. The van der Waals surface area contributed by atoms with Crippen LogP contribution in [-0.4, -0.2) is 32.6 Å². The summed E-state index contributed by atoms with van der Waals surface area (Å²) in [6, 6.07) is 12.1. The van der Waals surface area contributed by atoms with Crippen molar-refractivity contribution in [3.05, 3.63) is 58.1 Å². The number of benzene rings is 2. The highest BCUT2D eigenvalue weighted by Gasteiger charge is 2.27. The second kappa shape index (κ2) is 11.8. The molecule has 1 unspecified atom stereocenters. The molecule has 1 saturated carbocycles. The van der Waals surface area contributed by atoms with Crippen molar-refractivity contribution < 1.29 is 23.8 Å². The number of hydrogen-bond acceptors (Lipinski definition) is 6. The minimum absolute atomic E-state index is 0.0342. The lowest BCUT2D eigenvalue weighted by atomic mass is 9.82. The van der Waals surface area contributed by atoms with Crippen LogP contribution in [0.2, 0.25) is 5.02 Å². The molecule has 1 atom stereocenters. The first-order valence-electron chi connectivity index (χ1n) is 11.3. The number of nitrogens with zero attached hydrogens (tertiary/aromatic N) is 1. The van der Waals surface area contributed by atoms with Crippen LogP contribution in [0.25, 0.3) is 0 Å². The van der Waals surface area contributed by atoms with Gasteiger partial charge in [-0.3, -0.25) is 9.59 Å². The van der Waals surface area contributed by atoms with Crippen LogP contribution in [0.5, 0.6) is 11.5 Å². The average Bonchev–Trinajstić information content (AvgIpc) is 2.87. The molecule has 1 N–H and O–H groups in total. The summed E-state index contributed by atoms with van der Waals surface area (Å²) in [5.41, 5.74) is 1.67. The van der Waals surface area contributed by atoms with E-state index in [1.54, 1.807) is 43.5 Å². The van der Waals surface area contributed by atoms with E-state index in [1.165, 1.54) is 7.11 Å². The minimum Gasteiger partial charge on any atom is -0.496 e. The lowest BCUT2D eigenvalue weighted by molar-refractivity contribution is -0.146. The normalized spacial score (nSPS) is 18.3. The Bertz CT molecular complexity index is 1070. The SMILES string of the molecule is COC(=O)C1CCC(CNC(=O)c2ccc(OC(C)c3cc(C#N)ccc3OC)c(Cl)c2)CC1. The van der Waals surface area contributed by atoms with Crippen LogP contribution in [0.1, 0.15) is 60.2 Å². The summed E-state index contributed by atoms with van der Waals surface area (Å²) < 4.78 is 16.2. The molecular formula is C26H29ClN2O5. The van der Waals surface area contributed by atoms with E-state index in [0.29, 0.717) is 40.1 Å². The average molecular weight is 485 g/mol.